The lowest BCUT2D eigenvalue weighted by molar-refractivity contribution is -0.118. The SMILES string of the molecule is O=C(CSc1ccc(Cl)cc1)NCc1ccnc(N2CCCC2)c1. The minimum absolute atomic E-state index is 0.0227. The van der Waals surface area contributed by atoms with Gasteiger partial charge < -0.3 is 10.2 Å². The molecule has 2 heterocycles. The molecule has 0 spiro atoms. The second-order valence-corrected chi connectivity index (χ2v) is 7.22. The average Bonchev–Trinajstić information content (AvgIpc) is 3.14. The molecule has 0 aliphatic carbocycles. The highest BCUT2D eigenvalue weighted by Gasteiger charge is 2.13. The predicted molar refractivity (Wildman–Crippen MR) is 99.7 cm³/mol. The maximum absolute atomic E-state index is 12.0. The number of hydrogen-bond donors (Lipinski definition) is 1. The van der Waals surface area contributed by atoms with Crippen LogP contribution in [0.5, 0.6) is 0 Å². The number of amides is 1. The van der Waals surface area contributed by atoms with Crippen LogP contribution < -0.4 is 10.2 Å². The maximum atomic E-state index is 12.0. The maximum Gasteiger partial charge on any atom is 0.230 e. The number of thioether (sulfide) groups is 1. The molecule has 24 heavy (non-hydrogen) atoms. The molecule has 6 heteroatoms. The van der Waals surface area contributed by atoms with Crippen LogP contribution in [0.3, 0.4) is 0 Å². The zero-order chi connectivity index (χ0) is 16.8. The number of carbonyl (C=O) groups excluding carboxylic acids is 1. The van der Waals surface area contributed by atoms with Crippen LogP contribution in [-0.2, 0) is 11.3 Å². The minimum atomic E-state index is 0.0227. The van der Waals surface area contributed by atoms with Gasteiger partial charge >= 0.3 is 0 Å². The molecule has 1 fully saturated rings. The van der Waals surface area contributed by atoms with Crippen molar-refractivity contribution in [2.24, 2.45) is 0 Å². The second-order valence-electron chi connectivity index (χ2n) is 5.74. The largest absolute Gasteiger partial charge is 0.357 e. The molecular formula is C18H20ClN3OS. The number of nitrogens with one attached hydrogen (secondary N) is 1. The summed E-state index contributed by atoms with van der Waals surface area (Å²) in [5, 5.41) is 3.67. The minimum Gasteiger partial charge on any atom is -0.357 e. The van der Waals surface area contributed by atoms with E-state index >= 15 is 0 Å². The fraction of sp³-hybridized carbons (Fsp3) is 0.333. The summed E-state index contributed by atoms with van der Waals surface area (Å²) >= 11 is 7.36. The molecule has 0 bridgehead atoms. The molecule has 0 radical (unpaired) electrons. The highest BCUT2D eigenvalue weighted by molar-refractivity contribution is 8.00. The van der Waals surface area contributed by atoms with Crippen LogP contribution in [0.2, 0.25) is 5.02 Å². The van der Waals surface area contributed by atoms with Gasteiger partial charge in [0.15, 0.2) is 0 Å². The van der Waals surface area contributed by atoms with E-state index in [1.807, 2.05) is 36.5 Å². The van der Waals surface area contributed by atoms with Crippen molar-refractivity contribution < 1.29 is 4.79 Å². The van der Waals surface area contributed by atoms with Crippen LogP contribution >= 0.6 is 23.4 Å². The van der Waals surface area contributed by atoms with Crippen LogP contribution in [-0.4, -0.2) is 29.7 Å². The van der Waals surface area contributed by atoms with E-state index in [4.69, 9.17) is 11.6 Å². The molecule has 126 valence electrons. The fourth-order valence-corrected chi connectivity index (χ4v) is 3.48. The lowest BCUT2D eigenvalue weighted by Gasteiger charge is -2.17. The van der Waals surface area contributed by atoms with Gasteiger partial charge in [-0.15, -0.1) is 11.8 Å². The van der Waals surface area contributed by atoms with Gasteiger partial charge in [-0.05, 0) is 54.8 Å². The van der Waals surface area contributed by atoms with Crippen LogP contribution in [0.25, 0.3) is 0 Å². The Morgan fingerprint density at radius 1 is 1.21 bits per heavy atom. The van der Waals surface area contributed by atoms with E-state index in [1.54, 1.807) is 0 Å². The summed E-state index contributed by atoms with van der Waals surface area (Å²) < 4.78 is 0. The van der Waals surface area contributed by atoms with E-state index in [2.05, 4.69) is 21.3 Å². The molecule has 0 unspecified atom stereocenters. The Labute approximate surface area is 151 Å². The molecule has 3 rings (SSSR count). The van der Waals surface area contributed by atoms with Crippen LogP contribution in [0.15, 0.2) is 47.5 Å². The van der Waals surface area contributed by atoms with E-state index in [1.165, 1.54) is 24.6 Å². The Bertz CT molecular complexity index is 687. The first-order valence-corrected chi connectivity index (χ1v) is 9.42. The van der Waals surface area contributed by atoms with Gasteiger partial charge in [0.2, 0.25) is 5.91 Å². The van der Waals surface area contributed by atoms with E-state index in [0.29, 0.717) is 17.3 Å². The number of hydrogen-bond acceptors (Lipinski definition) is 4. The number of carbonyl (C=O) groups is 1. The molecule has 1 saturated heterocycles. The van der Waals surface area contributed by atoms with Crippen molar-refractivity contribution >= 4 is 35.1 Å². The molecule has 1 amide bonds. The monoisotopic (exact) mass is 361 g/mol. The number of aromatic nitrogens is 1. The van der Waals surface area contributed by atoms with Gasteiger partial charge in [-0.3, -0.25) is 4.79 Å². The smallest absolute Gasteiger partial charge is 0.230 e. The normalized spacial score (nSPS) is 14.0. The van der Waals surface area contributed by atoms with E-state index in [-0.39, 0.29) is 5.91 Å². The van der Waals surface area contributed by atoms with Crippen molar-refractivity contribution in [3.05, 3.63) is 53.2 Å². The third-order valence-corrected chi connectivity index (χ3v) is 5.18. The Kier molecular flexibility index (Phi) is 5.99. The molecule has 1 aromatic carbocycles. The standard InChI is InChI=1S/C18H20ClN3OS/c19-15-3-5-16(6-4-15)24-13-18(23)21-12-14-7-8-20-17(11-14)22-9-1-2-10-22/h3-8,11H,1-2,9-10,12-13H2,(H,21,23). The van der Waals surface area contributed by atoms with E-state index < -0.39 is 0 Å². The summed E-state index contributed by atoms with van der Waals surface area (Å²) in [5.41, 5.74) is 1.08. The van der Waals surface area contributed by atoms with Gasteiger partial charge in [0, 0.05) is 35.7 Å². The third-order valence-electron chi connectivity index (χ3n) is 3.91. The van der Waals surface area contributed by atoms with E-state index in [0.717, 1.165) is 29.4 Å². The number of rotatable bonds is 6. The molecule has 1 aliphatic heterocycles. The van der Waals surface area contributed by atoms with Gasteiger partial charge in [0.1, 0.15) is 5.82 Å². The summed E-state index contributed by atoms with van der Waals surface area (Å²) in [6, 6.07) is 11.5. The van der Waals surface area contributed by atoms with Crippen molar-refractivity contribution in [3.63, 3.8) is 0 Å². The number of halogens is 1. The fourth-order valence-electron chi connectivity index (χ4n) is 2.62. The molecule has 1 N–H and O–H groups in total. The van der Waals surface area contributed by atoms with Crippen LogP contribution in [0.1, 0.15) is 18.4 Å². The first-order chi connectivity index (χ1) is 11.7. The van der Waals surface area contributed by atoms with Gasteiger partial charge in [-0.2, -0.15) is 0 Å². The van der Waals surface area contributed by atoms with Crippen molar-refractivity contribution in [2.75, 3.05) is 23.7 Å². The molecule has 4 nitrogen and oxygen atoms in total. The van der Waals surface area contributed by atoms with Gasteiger partial charge in [0.05, 0.1) is 5.75 Å². The number of anilines is 1. The van der Waals surface area contributed by atoms with Gasteiger partial charge in [0.25, 0.3) is 0 Å². The van der Waals surface area contributed by atoms with Gasteiger partial charge in [-0.1, -0.05) is 11.6 Å². The highest BCUT2D eigenvalue weighted by atomic mass is 35.5. The number of pyridine rings is 1. The third kappa shape index (κ3) is 4.89. The molecule has 1 aliphatic rings. The van der Waals surface area contributed by atoms with Crippen molar-refractivity contribution in [3.8, 4) is 0 Å². The number of nitrogens with zero attached hydrogens (tertiary/aromatic N) is 2. The van der Waals surface area contributed by atoms with E-state index in [9.17, 15) is 4.79 Å². The Morgan fingerprint density at radius 3 is 2.71 bits per heavy atom. The van der Waals surface area contributed by atoms with Crippen molar-refractivity contribution in [1.82, 2.24) is 10.3 Å². The molecule has 2 aromatic rings. The molecule has 0 saturated carbocycles. The van der Waals surface area contributed by atoms with Crippen molar-refractivity contribution in [2.45, 2.75) is 24.3 Å². The Balaban J connectivity index is 1.47. The van der Waals surface area contributed by atoms with Gasteiger partial charge in [-0.25, -0.2) is 4.98 Å². The summed E-state index contributed by atoms with van der Waals surface area (Å²) in [6.45, 7) is 2.67. The van der Waals surface area contributed by atoms with Crippen LogP contribution in [0, 0.1) is 0 Å². The topological polar surface area (TPSA) is 45.2 Å². The lowest BCUT2D eigenvalue weighted by atomic mass is 10.2. The summed E-state index contributed by atoms with van der Waals surface area (Å²) in [6.07, 6.45) is 4.27. The molecular weight excluding hydrogens is 342 g/mol. The second kappa shape index (κ2) is 8.40. The summed E-state index contributed by atoms with van der Waals surface area (Å²) in [4.78, 5) is 19.8. The van der Waals surface area contributed by atoms with Crippen LogP contribution in [0.4, 0.5) is 5.82 Å². The molecule has 0 atom stereocenters. The Hall–Kier alpha value is -1.72. The zero-order valence-corrected chi connectivity index (χ0v) is 14.9. The summed E-state index contributed by atoms with van der Waals surface area (Å²) in [7, 11) is 0. The first kappa shape index (κ1) is 17.1. The first-order valence-electron chi connectivity index (χ1n) is 8.06. The highest BCUT2D eigenvalue weighted by Crippen LogP contribution is 2.20. The van der Waals surface area contributed by atoms with Crippen molar-refractivity contribution in [1.29, 1.82) is 0 Å². The summed E-state index contributed by atoms with van der Waals surface area (Å²) in [5.74, 6) is 1.43. The molecule has 1 aromatic heterocycles. The quantitative estimate of drug-likeness (QED) is 0.796. The zero-order valence-electron chi connectivity index (χ0n) is 13.4. The lowest BCUT2D eigenvalue weighted by Crippen LogP contribution is -2.25. The average molecular weight is 362 g/mol. The number of benzene rings is 1. The Morgan fingerprint density at radius 2 is 1.96 bits per heavy atom. The predicted octanol–water partition coefficient (Wildman–Crippen LogP) is 3.74.